The van der Waals surface area contributed by atoms with Gasteiger partial charge >= 0.3 is 12.6 Å². The lowest BCUT2D eigenvalue weighted by atomic mass is 10.0. The number of furan rings is 1. The minimum absolute atomic E-state index is 0.123. The van der Waals surface area contributed by atoms with Crippen LogP contribution in [0.3, 0.4) is 0 Å². The van der Waals surface area contributed by atoms with Gasteiger partial charge in [0.15, 0.2) is 0 Å². The molecule has 0 saturated heterocycles. The van der Waals surface area contributed by atoms with E-state index in [1.807, 2.05) is 40.6 Å². The molecule has 2 rings (SSSR count). The summed E-state index contributed by atoms with van der Waals surface area (Å²) in [5.41, 5.74) is 3.91. The van der Waals surface area contributed by atoms with Crippen molar-refractivity contribution < 1.29 is 36.2 Å². The molecule has 0 aliphatic carbocycles. The topological polar surface area (TPSA) is 51.9 Å². The monoisotopic (exact) mass is 589 g/mol. The van der Waals surface area contributed by atoms with Gasteiger partial charge < -0.3 is 13.9 Å². The minimum Gasteiger partial charge on any atom is -0.463 e. The van der Waals surface area contributed by atoms with E-state index in [9.17, 15) is 22.4 Å². The summed E-state index contributed by atoms with van der Waals surface area (Å²) in [5, 5.41) is 0. The Morgan fingerprint density at radius 3 is 2.15 bits per heavy atom. The molecule has 0 saturated carbocycles. The van der Waals surface area contributed by atoms with Crippen LogP contribution in [0.25, 0.3) is 5.57 Å². The molecule has 0 aliphatic heterocycles. The number of allylic oxidation sites excluding steroid dienone is 4. The number of methoxy groups -OCH3 is 1. The first kappa shape index (κ1) is 39.2. The van der Waals surface area contributed by atoms with Crippen molar-refractivity contribution in [3.63, 3.8) is 0 Å². The SMILES string of the molecule is C=C/C(=C\C/C=C(\C)CN(C)Cc1cc(C(=O)OC)oc1C)c1ccc(OC(F)F)cc1.CC.CC(F)F.CP. The van der Waals surface area contributed by atoms with Gasteiger partial charge in [0, 0.05) is 18.7 Å². The van der Waals surface area contributed by atoms with Crippen LogP contribution in [0.4, 0.5) is 17.6 Å². The average Bonchev–Trinajstić information content (AvgIpc) is 3.28. The van der Waals surface area contributed by atoms with Crippen molar-refractivity contribution >= 4 is 20.8 Å². The summed E-state index contributed by atoms with van der Waals surface area (Å²) >= 11 is 0. The molecule has 0 spiro atoms. The predicted molar refractivity (Wildman–Crippen MR) is 159 cm³/mol. The highest BCUT2D eigenvalue weighted by molar-refractivity contribution is 7.15. The fourth-order valence-corrected chi connectivity index (χ4v) is 3.25. The van der Waals surface area contributed by atoms with Gasteiger partial charge in [-0.05, 0) is 63.6 Å². The molecule has 0 radical (unpaired) electrons. The van der Waals surface area contributed by atoms with Crippen molar-refractivity contribution in [3.05, 3.63) is 83.4 Å². The number of alkyl halides is 4. The quantitative estimate of drug-likeness (QED) is 0.0862. The molecule has 0 fully saturated rings. The lowest BCUT2D eigenvalue weighted by Crippen LogP contribution is -2.20. The Morgan fingerprint density at radius 2 is 1.68 bits per heavy atom. The minimum atomic E-state index is -2.84. The van der Waals surface area contributed by atoms with Crippen molar-refractivity contribution in [3.8, 4) is 5.75 Å². The van der Waals surface area contributed by atoms with E-state index < -0.39 is 19.0 Å². The van der Waals surface area contributed by atoms with Gasteiger partial charge in [0.1, 0.15) is 11.5 Å². The second-order valence-electron chi connectivity index (χ2n) is 7.93. The van der Waals surface area contributed by atoms with Crippen molar-refractivity contribution in [2.45, 2.75) is 60.6 Å². The van der Waals surface area contributed by atoms with Crippen LogP contribution in [0.5, 0.6) is 5.75 Å². The number of esters is 1. The number of hydrogen-bond donors (Lipinski definition) is 0. The summed E-state index contributed by atoms with van der Waals surface area (Å²) in [6.45, 7) is 13.0. The molecule has 1 aromatic carbocycles. The Balaban J connectivity index is 0. The third-order valence-corrected chi connectivity index (χ3v) is 4.80. The maximum Gasteiger partial charge on any atom is 0.387 e. The molecule has 0 bridgehead atoms. The Hall–Kier alpha value is -2.90. The number of aryl methyl sites for hydroxylation is 1. The van der Waals surface area contributed by atoms with Gasteiger partial charge in [0.25, 0.3) is 0 Å². The number of benzene rings is 1. The molecule has 1 unspecified atom stereocenters. The van der Waals surface area contributed by atoms with E-state index in [1.54, 1.807) is 24.3 Å². The maximum absolute atomic E-state index is 12.3. The van der Waals surface area contributed by atoms with E-state index in [1.165, 1.54) is 24.8 Å². The number of carbonyl (C=O) groups is 1. The van der Waals surface area contributed by atoms with Crippen LogP contribution in [-0.2, 0) is 11.3 Å². The van der Waals surface area contributed by atoms with Crippen molar-refractivity contribution in [1.82, 2.24) is 4.90 Å². The molecule has 5 nitrogen and oxygen atoms in total. The summed E-state index contributed by atoms with van der Waals surface area (Å²) in [4.78, 5) is 13.7. The number of hydrogen-bond acceptors (Lipinski definition) is 5. The maximum atomic E-state index is 12.3. The fourth-order valence-electron chi connectivity index (χ4n) is 3.25. The van der Waals surface area contributed by atoms with E-state index in [4.69, 9.17) is 9.15 Å². The summed E-state index contributed by atoms with van der Waals surface area (Å²) in [7, 11) is 5.74. The molecule has 40 heavy (non-hydrogen) atoms. The van der Waals surface area contributed by atoms with Gasteiger partial charge in [-0.2, -0.15) is 8.78 Å². The fraction of sp³-hybridized carbons (Fsp3) is 0.433. The van der Waals surface area contributed by atoms with Gasteiger partial charge in [-0.15, -0.1) is 9.24 Å². The molecule has 1 heterocycles. The van der Waals surface area contributed by atoms with Gasteiger partial charge in [0.05, 0.1) is 7.11 Å². The highest BCUT2D eigenvalue weighted by Gasteiger charge is 2.15. The molecule has 226 valence electrons. The number of rotatable bonds is 11. The van der Waals surface area contributed by atoms with Crippen LogP contribution in [0.15, 0.2) is 65.1 Å². The van der Waals surface area contributed by atoms with Crippen LogP contribution < -0.4 is 4.74 Å². The molecule has 10 heteroatoms. The van der Waals surface area contributed by atoms with Crippen molar-refractivity contribution in [1.29, 1.82) is 0 Å². The third kappa shape index (κ3) is 16.9. The highest BCUT2D eigenvalue weighted by Crippen LogP contribution is 2.22. The van der Waals surface area contributed by atoms with E-state index >= 15 is 0 Å². The number of likely N-dealkylation sites (N-methyl/N-ethyl adjacent to an activating group) is 1. The predicted octanol–water partition coefficient (Wildman–Crippen LogP) is 8.80. The van der Waals surface area contributed by atoms with E-state index in [-0.39, 0.29) is 11.5 Å². The van der Waals surface area contributed by atoms with Gasteiger partial charge in [-0.3, -0.25) is 4.90 Å². The lowest BCUT2D eigenvalue weighted by molar-refractivity contribution is -0.0498. The molecule has 0 amide bonds. The van der Waals surface area contributed by atoms with Gasteiger partial charge in [-0.25, -0.2) is 13.6 Å². The van der Waals surface area contributed by atoms with E-state index in [0.717, 1.165) is 30.2 Å². The van der Waals surface area contributed by atoms with Crippen LogP contribution in [0.1, 0.15) is 61.6 Å². The summed E-state index contributed by atoms with van der Waals surface area (Å²) in [6.07, 6.45) is 4.42. The standard InChI is InChI=1S/C25H29F2NO4.C2H4F2.C2H6.CH5P/c1-6-19(20-10-12-22(13-11-20)32-25(26)27)9-7-8-17(2)15-28(4)16-21-14-23(24(29)30-5)31-18(21)3;1-2(3)4;2*1-2/h6,8-14,25H,1,7,15-16H2,2-5H3;2H,1H3;1-2H3;2H2,1H3/b17-8+,19-9+;;;. The molecule has 2 aromatic rings. The van der Waals surface area contributed by atoms with Crippen molar-refractivity contribution in [2.75, 3.05) is 27.4 Å². The van der Waals surface area contributed by atoms with Crippen LogP contribution in [0.2, 0.25) is 0 Å². The molecule has 1 aromatic heterocycles. The molecule has 0 aliphatic rings. The normalized spacial score (nSPS) is 11.1. The highest BCUT2D eigenvalue weighted by atomic mass is 31.0. The molecular formula is C30H44F4NO4P. The first-order chi connectivity index (χ1) is 19.0. The summed E-state index contributed by atoms with van der Waals surface area (Å²) in [5.74, 6) is 0.538. The smallest absolute Gasteiger partial charge is 0.387 e. The first-order valence-corrected chi connectivity index (χ1v) is 13.9. The number of ether oxygens (including phenoxy) is 2. The van der Waals surface area contributed by atoms with Gasteiger partial charge in [0.2, 0.25) is 12.2 Å². The summed E-state index contributed by atoms with van der Waals surface area (Å²) in [6, 6.07) is 8.20. The number of carbonyl (C=O) groups excluding carboxylic acids is 1. The van der Waals surface area contributed by atoms with Crippen LogP contribution in [0, 0.1) is 6.92 Å². The average molecular weight is 590 g/mol. The Kier molecular flexibility index (Phi) is 22.4. The van der Waals surface area contributed by atoms with Crippen LogP contribution in [-0.4, -0.2) is 51.3 Å². The second-order valence-corrected chi connectivity index (χ2v) is 7.93. The van der Waals surface area contributed by atoms with Crippen molar-refractivity contribution in [2.24, 2.45) is 0 Å². The number of nitrogens with zero attached hydrogens (tertiary/aromatic N) is 1. The molecule has 0 N–H and O–H groups in total. The van der Waals surface area contributed by atoms with Crippen LogP contribution >= 0.6 is 9.24 Å². The number of halogens is 4. The molecule has 1 atom stereocenters. The zero-order valence-electron chi connectivity index (χ0n) is 24.8. The van der Waals surface area contributed by atoms with E-state index in [2.05, 4.69) is 38.5 Å². The van der Waals surface area contributed by atoms with E-state index in [0.29, 0.717) is 18.7 Å². The van der Waals surface area contributed by atoms with Gasteiger partial charge in [-0.1, -0.05) is 63.0 Å². The first-order valence-electron chi connectivity index (χ1n) is 12.7. The zero-order chi connectivity index (χ0) is 31.3. The Labute approximate surface area is 239 Å². The zero-order valence-corrected chi connectivity index (χ0v) is 25.9. The Bertz CT molecular complexity index is 1030. The largest absolute Gasteiger partial charge is 0.463 e. The summed E-state index contributed by atoms with van der Waals surface area (Å²) < 4.78 is 59.8. The Morgan fingerprint density at radius 1 is 1.12 bits per heavy atom. The molecular weight excluding hydrogens is 545 g/mol. The second kappa shape index (κ2) is 22.9. The third-order valence-electron chi connectivity index (χ3n) is 4.80. The lowest BCUT2D eigenvalue weighted by Gasteiger charge is -2.16.